The summed E-state index contributed by atoms with van der Waals surface area (Å²) in [5.41, 5.74) is 8.43. The molecule has 0 aromatic carbocycles. The first-order valence-electron chi connectivity index (χ1n) is 6.43. The van der Waals surface area contributed by atoms with Crippen molar-refractivity contribution < 1.29 is 4.79 Å². The van der Waals surface area contributed by atoms with Gasteiger partial charge in [-0.3, -0.25) is 10.2 Å². The number of amides is 1. The third kappa shape index (κ3) is 4.10. The fourth-order valence-corrected chi connectivity index (χ4v) is 2.27. The SMILES string of the molecule is CC1CCCC(C)N1NC(=O)CCCCN. The lowest BCUT2D eigenvalue weighted by Gasteiger charge is -2.38. The summed E-state index contributed by atoms with van der Waals surface area (Å²) in [5.74, 6) is 0.133. The molecule has 16 heavy (non-hydrogen) atoms. The van der Waals surface area contributed by atoms with Crippen molar-refractivity contribution in [3.05, 3.63) is 0 Å². The van der Waals surface area contributed by atoms with E-state index in [1.807, 2.05) is 0 Å². The molecule has 3 N–H and O–H groups in total. The first kappa shape index (κ1) is 13.5. The van der Waals surface area contributed by atoms with Crippen molar-refractivity contribution in [1.82, 2.24) is 10.4 Å². The normalized spacial score (nSPS) is 26.7. The molecular weight excluding hydrogens is 202 g/mol. The molecule has 1 aliphatic heterocycles. The Morgan fingerprint density at radius 2 is 1.94 bits per heavy atom. The number of unbranched alkanes of at least 4 members (excludes halogenated alkanes) is 1. The Labute approximate surface area is 98.5 Å². The summed E-state index contributed by atoms with van der Waals surface area (Å²) in [4.78, 5) is 11.7. The van der Waals surface area contributed by atoms with Gasteiger partial charge in [-0.1, -0.05) is 6.42 Å². The van der Waals surface area contributed by atoms with Crippen LogP contribution < -0.4 is 11.2 Å². The molecule has 0 radical (unpaired) electrons. The molecule has 0 aromatic heterocycles. The molecule has 1 saturated heterocycles. The number of nitrogens with two attached hydrogens (primary N) is 1. The molecule has 2 atom stereocenters. The number of piperidine rings is 1. The number of carbonyl (C=O) groups is 1. The number of nitrogens with zero attached hydrogens (tertiary/aromatic N) is 1. The van der Waals surface area contributed by atoms with Crippen LogP contribution in [-0.4, -0.2) is 29.5 Å². The third-order valence-electron chi connectivity index (χ3n) is 3.31. The molecule has 0 aliphatic carbocycles. The first-order valence-corrected chi connectivity index (χ1v) is 6.43. The molecule has 94 valence electrons. The van der Waals surface area contributed by atoms with Gasteiger partial charge in [0.05, 0.1) is 0 Å². The molecular formula is C12H25N3O. The summed E-state index contributed by atoms with van der Waals surface area (Å²) in [6, 6.07) is 0.921. The van der Waals surface area contributed by atoms with E-state index in [0.29, 0.717) is 25.0 Å². The summed E-state index contributed by atoms with van der Waals surface area (Å²) < 4.78 is 0. The Morgan fingerprint density at radius 3 is 2.50 bits per heavy atom. The van der Waals surface area contributed by atoms with Crippen LogP contribution in [-0.2, 0) is 4.79 Å². The average Bonchev–Trinajstić information content (AvgIpc) is 2.24. The number of hydrogen-bond acceptors (Lipinski definition) is 3. The Balaban J connectivity index is 2.30. The maximum atomic E-state index is 11.7. The molecule has 1 aliphatic rings. The van der Waals surface area contributed by atoms with E-state index < -0.39 is 0 Å². The summed E-state index contributed by atoms with van der Waals surface area (Å²) in [6.07, 6.45) is 6.02. The van der Waals surface area contributed by atoms with Crippen molar-refractivity contribution in [3.8, 4) is 0 Å². The van der Waals surface area contributed by atoms with Crippen molar-refractivity contribution >= 4 is 5.91 Å². The summed E-state index contributed by atoms with van der Waals surface area (Å²) in [7, 11) is 0. The molecule has 1 rings (SSSR count). The lowest BCUT2D eigenvalue weighted by Crippen LogP contribution is -2.54. The van der Waals surface area contributed by atoms with E-state index in [1.165, 1.54) is 19.3 Å². The van der Waals surface area contributed by atoms with E-state index in [9.17, 15) is 4.79 Å². The quantitative estimate of drug-likeness (QED) is 0.698. The monoisotopic (exact) mass is 227 g/mol. The highest BCUT2D eigenvalue weighted by Gasteiger charge is 2.25. The number of hydrazine groups is 1. The average molecular weight is 227 g/mol. The van der Waals surface area contributed by atoms with Gasteiger partial charge >= 0.3 is 0 Å². The molecule has 1 amide bonds. The topological polar surface area (TPSA) is 58.4 Å². The van der Waals surface area contributed by atoms with Gasteiger partial charge < -0.3 is 5.73 Å². The van der Waals surface area contributed by atoms with Gasteiger partial charge in [0, 0.05) is 18.5 Å². The highest BCUT2D eigenvalue weighted by molar-refractivity contribution is 5.75. The molecule has 1 fully saturated rings. The zero-order chi connectivity index (χ0) is 12.0. The second-order valence-electron chi connectivity index (χ2n) is 4.82. The van der Waals surface area contributed by atoms with E-state index in [-0.39, 0.29) is 5.91 Å². The first-order chi connectivity index (χ1) is 7.65. The van der Waals surface area contributed by atoms with Crippen molar-refractivity contribution in [2.24, 2.45) is 5.73 Å². The van der Waals surface area contributed by atoms with Crippen LogP contribution >= 0.6 is 0 Å². The van der Waals surface area contributed by atoms with E-state index in [2.05, 4.69) is 24.3 Å². The molecule has 4 nitrogen and oxygen atoms in total. The van der Waals surface area contributed by atoms with E-state index in [0.717, 1.165) is 12.8 Å². The van der Waals surface area contributed by atoms with Gasteiger partial charge in [0.1, 0.15) is 0 Å². The molecule has 0 spiro atoms. The van der Waals surface area contributed by atoms with Gasteiger partial charge in [0.25, 0.3) is 0 Å². The van der Waals surface area contributed by atoms with Gasteiger partial charge in [0.2, 0.25) is 5.91 Å². The van der Waals surface area contributed by atoms with Crippen LogP contribution in [0.3, 0.4) is 0 Å². The van der Waals surface area contributed by atoms with Gasteiger partial charge in [-0.05, 0) is 46.1 Å². The summed E-state index contributed by atoms with van der Waals surface area (Å²) in [5, 5.41) is 2.12. The molecule has 1 heterocycles. The summed E-state index contributed by atoms with van der Waals surface area (Å²) in [6.45, 7) is 5.02. The van der Waals surface area contributed by atoms with Crippen LogP contribution in [0.1, 0.15) is 52.4 Å². The van der Waals surface area contributed by atoms with E-state index in [1.54, 1.807) is 0 Å². The lowest BCUT2D eigenvalue weighted by molar-refractivity contribution is -0.129. The fraction of sp³-hybridized carbons (Fsp3) is 0.917. The zero-order valence-corrected chi connectivity index (χ0v) is 10.5. The van der Waals surface area contributed by atoms with Gasteiger partial charge in [-0.2, -0.15) is 0 Å². The standard InChI is InChI=1S/C12H25N3O/c1-10-6-5-7-11(2)15(10)14-12(16)8-3-4-9-13/h10-11H,3-9,13H2,1-2H3,(H,14,16). The maximum Gasteiger partial charge on any atom is 0.234 e. The minimum atomic E-state index is 0.133. The molecule has 2 unspecified atom stereocenters. The van der Waals surface area contributed by atoms with Crippen LogP contribution in [0.2, 0.25) is 0 Å². The second-order valence-corrected chi connectivity index (χ2v) is 4.82. The smallest absolute Gasteiger partial charge is 0.234 e. The van der Waals surface area contributed by atoms with Crippen LogP contribution in [0.4, 0.5) is 0 Å². The maximum absolute atomic E-state index is 11.7. The third-order valence-corrected chi connectivity index (χ3v) is 3.31. The highest BCUT2D eigenvalue weighted by atomic mass is 16.2. The van der Waals surface area contributed by atoms with Gasteiger partial charge in [0.15, 0.2) is 0 Å². The molecule has 4 heteroatoms. The Hall–Kier alpha value is -0.610. The van der Waals surface area contributed by atoms with Crippen molar-refractivity contribution in [2.45, 2.75) is 64.5 Å². The minimum Gasteiger partial charge on any atom is -0.330 e. The largest absolute Gasteiger partial charge is 0.330 e. The zero-order valence-electron chi connectivity index (χ0n) is 10.5. The van der Waals surface area contributed by atoms with Gasteiger partial charge in [-0.15, -0.1) is 0 Å². The van der Waals surface area contributed by atoms with Crippen LogP contribution in [0.15, 0.2) is 0 Å². The fourth-order valence-electron chi connectivity index (χ4n) is 2.27. The van der Waals surface area contributed by atoms with Crippen molar-refractivity contribution in [2.75, 3.05) is 6.54 Å². The summed E-state index contributed by atoms with van der Waals surface area (Å²) >= 11 is 0. The number of rotatable bonds is 5. The van der Waals surface area contributed by atoms with E-state index >= 15 is 0 Å². The van der Waals surface area contributed by atoms with E-state index in [4.69, 9.17) is 5.73 Å². The Morgan fingerprint density at radius 1 is 1.31 bits per heavy atom. The van der Waals surface area contributed by atoms with Crippen LogP contribution in [0, 0.1) is 0 Å². The van der Waals surface area contributed by atoms with Gasteiger partial charge in [-0.25, -0.2) is 5.01 Å². The number of carbonyl (C=O) groups excluding carboxylic acids is 1. The highest BCUT2D eigenvalue weighted by Crippen LogP contribution is 2.20. The predicted octanol–water partition coefficient (Wildman–Crippen LogP) is 1.41. The van der Waals surface area contributed by atoms with Crippen LogP contribution in [0.25, 0.3) is 0 Å². The van der Waals surface area contributed by atoms with Crippen molar-refractivity contribution in [3.63, 3.8) is 0 Å². The molecule has 0 aromatic rings. The van der Waals surface area contributed by atoms with Crippen LogP contribution in [0.5, 0.6) is 0 Å². The predicted molar refractivity (Wildman–Crippen MR) is 65.7 cm³/mol. The lowest BCUT2D eigenvalue weighted by atomic mass is 10.00. The second kappa shape index (κ2) is 6.86. The molecule has 0 bridgehead atoms. The molecule has 0 saturated carbocycles. The number of nitrogens with one attached hydrogen (secondary N) is 1. The Bertz CT molecular complexity index is 210. The minimum absolute atomic E-state index is 0.133. The number of hydrogen-bond donors (Lipinski definition) is 2. The van der Waals surface area contributed by atoms with Crippen molar-refractivity contribution in [1.29, 1.82) is 0 Å². The Kier molecular flexibility index (Phi) is 5.77.